The number of guanidine groups is 1. The van der Waals surface area contributed by atoms with E-state index in [-0.39, 0.29) is 24.0 Å². The number of aliphatic imine (C=N–C) groups is 1. The number of rotatable bonds is 8. The molecule has 0 spiro atoms. The molecule has 0 aliphatic carbocycles. The fraction of sp³-hybridized carbons (Fsp3) is 0.955. The third-order valence-corrected chi connectivity index (χ3v) is 5.63. The zero-order valence-electron chi connectivity index (χ0n) is 19.0. The molecule has 2 saturated heterocycles. The van der Waals surface area contributed by atoms with Gasteiger partial charge in [-0.1, -0.05) is 27.7 Å². The van der Waals surface area contributed by atoms with Crippen LogP contribution in [-0.2, 0) is 0 Å². The lowest BCUT2D eigenvalue weighted by Crippen LogP contribution is -2.49. The average molecular weight is 508 g/mol. The summed E-state index contributed by atoms with van der Waals surface area (Å²) < 4.78 is 0. The van der Waals surface area contributed by atoms with Crippen LogP contribution in [0.15, 0.2) is 4.99 Å². The van der Waals surface area contributed by atoms with E-state index in [2.05, 4.69) is 55.1 Å². The maximum Gasteiger partial charge on any atom is 0.191 e. The Balaban J connectivity index is 0.00000392. The summed E-state index contributed by atoms with van der Waals surface area (Å²) in [5.74, 6) is 3.26. The van der Waals surface area contributed by atoms with E-state index in [1.807, 2.05) is 0 Å². The number of piperidine rings is 2. The molecule has 0 saturated carbocycles. The van der Waals surface area contributed by atoms with E-state index in [9.17, 15) is 0 Å². The van der Waals surface area contributed by atoms with Crippen LogP contribution in [0.4, 0.5) is 0 Å². The quantitative estimate of drug-likeness (QED) is 0.299. The van der Waals surface area contributed by atoms with Crippen LogP contribution >= 0.6 is 24.0 Å². The first-order chi connectivity index (χ1) is 13.0. The van der Waals surface area contributed by atoms with Crippen LogP contribution in [0.5, 0.6) is 0 Å². The smallest absolute Gasteiger partial charge is 0.191 e. The molecular weight excluding hydrogens is 461 g/mol. The van der Waals surface area contributed by atoms with Gasteiger partial charge < -0.3 is 20.4 Å². The summed E-state index contributed by atoms with van der Waals surface area (Å²) in [4.78, 5) is 10.2. The molecule has 2 heterocycles. The Labute approximate surface area is 191 Å². The van der Waals surface area contributed by atoms with Crippen molar-refractivity contribution in [1.82, 2.24) is 20.4 Å². The number of hydrogen-bond acceptors (Lipinski definition) is 3. The van der Waals surface area contributed by atoms with Crippen LogP contribution in [0.2, 0.25) is 0 Å². The van der Waals surface area contributed by atoms with E-state index in [0.29, 0.717) is 12.0 Å². The monoisotopic (exact) mass is 507 g/mol. The molecule has 6 heteroatoms. The zero-order chi connectivity index (χ0) is 19.6. The molecule has 5 nitrogen and oxygen atoms in total. The molecular formula is C22H46IN5. The van der Waals surface area contributed by atoms with Gasteiger partial charge in [-0.3, -0.25) is 4.99 Å². The highest BCUT2D eigenvalue weighted by Gasteiger charge is 2.22. The first-order valence-electron chi connectivity index (χ1n) is 11.5. The molecule has 2 aliphatic rings. The number of halogens is 1. The van der Waals surface area contributed by atoms with Crippen LogP contribution in [0.1, 0.15) is 60.3 Å². The second kappa shape index (κ2) is 14.0. The number of nitrogens with zero attached hydrogens (tertiary/aromatic N) is 3. The lowest BCUT2D eigenvalue weighted by atomic mass is 9.97. The molecule has 2 N–H and O–H groups in total. The minimum absolute atomic E-state index is 0. The van der Waals surface area contributed by atoms with Crippen molar-refractivity contribution in [2.45, 2.75) is 66.3 Å². The van der Waals surface area contributed by atoms with Crippen LogP contribution < -0.4 is 10.6 Å². The molecule has 1 atom stereocenters. The molecule has 2 aliphatic heterocycles. The summed E-state index contributed by atoms with van der Waals surface area (Å²) in [6.07, 6.45) is 5.10. The van der Waals surface area contributed by atoms with Gasteiger partial charge in [0.25, 0.3) is 0 Å². The summed E-state index contributed by atoms with van der Waals surface area (Å²) in [7, 11) is 0. The molecule has 0 radical (unpaired) electrons. The number of nitrogens with one attached hydrogen (secondary N) is 2. The number of likely N-dealkylation sites (tertiary alicyclic amines) is 2. The van der Waals surface area contributed by atoms with Crippen LogP contribution in [-0.4, -0.2) is 74.2 Å². The largest absolute Gasteiger partial charge is 0.357 e. The van der Waals surface area contributed by atoms with Crippen molar-refractivity contribution in [2.75, 3.05) is 52.4 Å². The van der Waals surface area contributed by atoms with Gasteiger partial charge in [0.15, 0.2) is 5.96 Å². The minimum Gasteiger partial charge on any atom is -0.357 e. The molecule has 0 aromatic rings. The second-order valence-corrected chi connectivity index (χ2v) is 9.49. The van der Waals surface area contributed by atoms with Gasteiger partial charge in [-0.05, 0) is 56.9 Å². The lowest BCUT2D eigenvalue weighted by molar-refractivity contribution is 0.162. The number of hydrogen-bond donors (Lipinski definition) is 2. The van der Waals surface area contributed by atoms with Crippen molar-refractivity contribution < 1.29 is 0 Å². The van der Waals surface area contributed by atoms with Gasteiger partial charge in [0.05, 0.1) is 0 Å². The predicted molar refractivity (Wildman–Crippen MR) is 133 cm³/mol. The van der Waals surface area contributed by atoms with E-state index < -0.39 is 0 Å². The summed E-state index contributed by atoms with van der Waals surface area (Å²) in [5.41, 5.74) is 0. The molecule has 166 valence electrons. The van der Waals surface area contributed by atoms with Crippen LogP contribution in [0, 0.1) is 17.8 Å². The highest BCUT2D eigenvalue weighted by Crippen LogP contribution is 2.18. The molecule has 2 fully saturated rings. The summed E-state index contributed by atoms with van der Waals surface area (Å²) in [6.45, 7) is 20.7. The van der Waals surface area contributed by atoms with Crippen molar-refractivity contribution >= 4 is 29.9 Å². The van der Waals surface area contributed by atoms with Gasteiger partial charge in [-0.15, -0.1) is 24.0 Å². The van der Waals surface area contributed by atoms with E-state index in [0.717, 1.165) is 30.9 Å². The standard InChI is InChI=1S/C22H45N5.HI/c1-6-23-22(25-21-9-12-26(13-10-21)15-18(2)3)24-14-20-8-7-11-27(17-20)16-19(4)5;/h18-21H,6-17H2,1-5H3,(H2,23,24,25);1H. The summed E-state index contributed by atoms with van der Waals surface area (Å²) in [6, 6.07) is 0.565. The Morgan fingerprint density at radius 3 is 2.21 bits per heavy atom. The van der Waals surface area contributed by atoms with Gasteiger partial charge in [0.1, 0.15) is 0 Å². The van der Waals surface area contributed by atoms with Gasteiger partial charge in [0, 0.05) is 51.9 Å². The first-order valence-corrected chi connectivity index (χ1v) is 11.5. The SMILES string of the molecule is CCNC(=NCC1CCCN(CC(C)C)C1)NC1CCN(CC(C)C)CC1.I. The maximum absolute atomic E-state index is 4.97. The summed E-state index contributed by atoms with van der Waals surface area (Å²) >= 11 is 0. The van der Waals surface area contributed by atoms with Crippen molar-refractivity contribution in [1.29, 1.82) is 0 Å². The second-order valence-electron chi connectivity index (χ2n) is 9.49. The Morgan fingerprint density at radius 1 is 0.964 bits per heavy atom. The van der Waals surface area contributed by atoms with E-state index in [1.165, 1.54) is 65.0 Å². The van der Waals surface area contributed by atoms with Crippen molar-refractivity contribution in [3.05, 3.63) is 0 Å². The van der Waals surface area contributed by atoms with Gasteiger partial charge in [0.2, 0.25) is 0 Å². The molecule has 2 rings (SSSR count). The molecule has 1 unspecified atom stereocenters. The Hall–Kier alpha value is -0.0800. The Morgan fingerprint density at radius 2 is 1.61 bits per heavy atom. The van der Waals surface area contributed by atoms with Gasteiger partial charge >= 0.3 is 0 Å². The average Bonchev–Trinajstić information content (AvgIpc) is 2.61. The van der Waals surface area contributed by atoms with Crippen molar-refractivity contribution in [3.63, 3.8) is 0 Å². The van der Waals surface area contributed by atoms with Gasteiger partial charge in [-0.25, -0.2) is 0 Å². The van der Waals surface area contributed by atoms with E-state index in [1.54, 1.807) is 0 Å². The minimum atomic E-state index is 0. The van der Waals surface area contributed by atoms with Crippen molar-refractivity contribution in [2.24, 2.45) is 22.7 Å². The maximum atomic E-state index is 4.97. The lowest BCUT2D eigenvalue weighted by Gasteiger charge is -2.34. The molecule has 0 aromatic heterocycles. The van der Waals surface area contributed by atoms with Crippen LogP contribution in [0.25, 0.3) is 0 Å². The zero-order valence-corrected chi connectivity index (χ0v) is 21.4. The third-order valence-electron chi connectivity index (χ3n) is 5.63. The third kappa shape index (κ3) is 10.1. The Bertz CT molecular complexity index is 433. The fourth-order valence-electron chi connectivity index (χ4n) is 4.49. The van der Waals surface area contributed by atoms with E-state index >= 15 is 0 Å². The first kappa shape index (κ1) is 26.0. The van der Waals surface area contributed by atoms with Crippen molar-refractivity contribution in [3.8, 4) is 0 Å². The Kier molecular flexibility index (Phi) is 13.0. The molecule has 0 amide bonds. The molecule has 28 heavy (non-hydrogen) atoms. The van der Waals surface area contributed by atoms with Gasteiger partial charge in [-0.2, -0.15) is 0 Å². The van der Waals surface area contributed by atoms with Crippen LogP contribution in [0.3, 0.4) is 0 Å². The molecule has 0 bridgehead atoms. The highest BCUT2D eigenvalue weighted by molar-refractivity contribution is 14.0. The normalized spacial score (nSPS) is 23.1. The summed E-state index contributed by atoms with van der Waals surface area (Å²) in [5, 5.41) is 7.18. The molecule has 0 aromatic carbocycles. The van der Waals surface area contributed by atoms with E-state index in [4.69, 9.17) is 4.99 Å². The fourth-order valence-corrected chi connectivity index (χ4v) is 4.49. The topological polar surface area (TPSA) is 42.9 Å². The highest BCUT2D eigenvalue weighted by atomic mass is 127. The predicted octanol–water partition coefficient (Wildman–Crippen LogP) is 3.65.